The molecule has 1 aromatic carbocycles. The monoisotopic (exact) mass is 282 g/mol. The zero-order chi connectivity index (χ0) is 14.8. The topological polar surface area (TPSA) is 32.3 Å². The van der Waals surface area contributed by atoms with Gasteiger partial charge in [0.15, 0.2) is 0 Å². The minimum Gasteiger partial charge on any atom is -0.353 e. The zero-order valence-corrected chi connectivity index (χ0v) is 12.9. The Morgan fingerprint density at radius 1 is 1.14 bits per heavy atom. The lowest BCUT2D eigenvalue weighted by atomic mass is 9.97. The van der Waals surface area contributed by atoms with Crippen molar-refractivity contribution in [2.24, 2.45) is 0 Å². The minimum absolute atomic E-state index is 0.500. The van der Waals surface area contributed by atoms with Crippen LogP contribution in [-0.4, -0.2) is 36.6 Å². The van der Waals surface area contributed by atoms with Gasteiger partial charge in [-0.3, -0.25) is 0 Å². The Balaban J connectivity index is 1.82. The molecule has 2 heterocycles. The van der Waals surface area contributed by atoms with Gasteiger partial charge in [-0.2, -0.15) is 4.98 Å². The van der Waals surface area contributed by atoms with E-state index in [0.717, 1.165) is 18.3 Å². The van der Waals surface area contributed by atoms with Crippen molar-refractivity contribution in [2.75, 3.05) is 30.4 Å². The number of aromatic nitrogens is 2. The first-order chi connectivity index (χ1) is 10.1. The van der Waals surface area contributed by atoms with E-state index in [0.29, 0.717) is 12.0 Å². The first-order valence-electron chi connectivity index (χ1n) is 7.47. The third-order valence-corrected chi connectivity index (χ3v) is 4.17. The highest BCUT2D eigenvalue weighted by molar-refractivity contribution is 5.46. The van der Waals surface area contributed by atoms with Gasteiger partial charge in [0.25, 0.3) is 0 Å². The summed E-state index contributed by atoms with van der Waals surface area (Å²) in [5.41, 5.74) is 1.42. The summed E-state index contributed by atoms with van der Waals surface area (Å²) < 4.78 is 0. The van der Waals surface area contributed by atoms with E-state index in [1.165, 1.54) is 12.0 Å². The van der Waals surface area contributed by atoms with Crippen molar-refractivity contribution < 1.29 is 0 Å². The van der Waals surface area contributed by atoms with Crippen LogP contribution < -0.4 is 9.80 Å². The summed E-state index contributed by atoms with van der Waals surface area (Å²) in [7, 11) is 3.94. The summed E-state index contributed by atoms with van der Waals surface area (Å²) in [6.45, 7) is 3.30. The Kier molecular flexibility index (Phi) is 3.78. The molecule has 2 unspecified atom stereocenters. The predicted octanol–water partition coefficient (Wildman–Crippen LogP) is 2.93. The van der Waals surface area contributed by atoms with Gasteiger partial charge in [0.2, 0.25) is 5.95 Å². The van der Waals surface area contributed by atoms with E-state index >= 15 is 0 Å². The molecule has 0 saturated carbocycles. The number of hydrogen-bond acceptors (Lipinski definition) is 4. The molecule has 0 amide bonds. The fourth-order valence-electron chi connectivity index (χ4n) is 3.03. The lowest BCUT2D eigenvalue weighted by Gasteiger charge is -2.23. The molecule has 4 heteroatoms. The first kappa shape index (κ1) is 13.9. The van der Waals surface area contributed by atoms with Crippen molar-refractivity contribution in [3.8, 4) is 0 Å². The average Bonchev–Trinajstić information content (AvgIpc) is 2.90. The summed E-state index contributed by atoms with van der Waals surface area (Å²) >= 11 is 0. The molecule has 21 heavy (non-hydrogen) atoms. The molecule has 0 spiro atoms. The van der Waals surface area contributed by atoms with Crippen molar-refractivity contribution in [3.05, 3.63) is 48.2 Å². The van der Waals surface area contributed by atoms with E-state index in [4.69, 9.17) is 0 Å². The average molecular weight is 282 g/mol. The molecule has 2 atom stereocenters. The zero-order valence-electron chi connectivity index (χ0n) is 12.9. The van der Waals surface area contributed by atoms with Gasteiger partial charge < -0.3 is 9.80 Å². The van der Waals surface area contributed by atoms with Crippen molar-refractivity contribution >= 4 is 11.8 Å². The van der Waals surface area contributed by atoms with E-state index in [2.05, 4.69) is 52.1 Å². The van der Waals surface area contributed by atoms with Crippen LogP contribution in [-0.2, 0) is 0 Å². The van der Waals surface area contributed by atoms with E-state index in [1.807, 2.05) is 31.3 Å². The maximum atomic E-state index is 4.67. The number of rotatable bonds is 3. The molecular formula is C17H22N4. The molecule has 1 aliphatic rings. The second-order valence-corrected chi connectivity index (χ2v) is 5.95. The predicted molar refractivity (Wildman–Crippen MR) is 87.0 cm³/mol. The highest BCUT2D eigenvalue weighted by atomic mass is 15.3. The molecule has 1 aromatic heterocycles. The van der Waals surface area contributed by atoms with Gasteiger partial charge in [0, 0.05) is 38.8 Å². The Morgan fingerprint density at radius 3 is 2.62 bits per heavy atom. The standard InChI is InChI=1S/C17H22N4/c1-13-11-15(14-7-5-4-6-8-14)12-21(13)16-9-10-18-17(19-16)20(2)3/h4-10,13,15H,11-12H2,1-3H3. The van der Waals surface area contributed by atoms with Crippen LogP contribution in [0.4, 0.5) is 11.8 Å². The molecule has 0 radical (unpaired) electrons. The van der Waals surface area contributed by atoms with Crippen molar-refractivity contribution in [1.29, 1.82) is 0 Å². The van der Waals surface area contributed by atoms with Gasteiger partial charge >= 0.3 is 0 Å². The van der Waals surface area contributed by atoms with Crippen LogP contribution in [0.5, 0.6) is 0 Å². The van der Waals surface area contributed by atoms with E-state index in [9.17, 15) is 0 Å². The second-order valence-electron chi connectivity index (χ2n) is 5.95. The number of benzene rings is 1. The second kappa shape index (κ2) is 5.72. The Morgan fingerprint density at radius 2 is 1.90 bits per heavy atom. The van der Waals surface area contributed by atoms with Crippen LogP contribution in [0.1, 0.15) is 24.8 Å². The summed E-state index contributed by atoms with van der Waals surface area (Å²) in [4.78, 5) is 13.3. The molecule has 3 rings (SSSR count). The molecule has 110 valence electrons. The molecule has 2 aromatic rings. The molecular weight excluding hydrogens is 260 g/mol. The Hall–Kier alpha value is -2.10. The molecule has 0 N–H and O–H groups in total. The van der Waals surface area contributed by atoms with Crippen LogP contribution in [0.25, 0.3) is 0 Å². The van der Waals surface area contributed by atoms with Crippen LogP contribution in [0, 0.1) is 0 Å². The summed E-state index contributed by atoms with van der Waals surface area (Å²) in [5, 5.41) is 0. The maximum Gasteiger partial charge on any atom is 0.226 e. The first-order valence-corrected chi connectivity index (χ1v) is 7.47. The van der Waals surface area contributed by atoms with Crippen LogP contribution in [0.15, 0.2) is 42.6 Å². The third-order valence-electron chi connectivity index (χ3n) is 4.17. The third kappa shape index (κ3) is 2.84. The van der Waals surface area contributed by atoms with Gasteiger partial charge in [-0.25, -0.2) is 4.98 Å². The summed E-state index contributed by atoms with van der Waals surface area (Å²) in [6.07, 6.45) is 3.02. The molecule has 1 saturated heterocycles. The highest BCUT2D eigenvalue weighted by Gasteiger charge is 2.30. The van der Waals surface area contributed by atoms with E-state index < -0.39 is 0 Å². The number of nitrogens with zero attached hydrogens (tertiary/aromatic N) is 4. The summed E-state index contributed by atoms with van der Waals surface area (Å²) in [5.74, 6) is 2.38. The van der Waals surface area contributed by atoms with Crippen LogP contribution in [0.3, 0.4) is 0 Å². The normalized spacial score (nSPS) is 21.6. The molecule has 1 aliphatic heterocycles. The van der Waals surface area contributed by atoms with Gasteiger partial charge in [-0.1, -0.05) is 30.3 Å². The smallest absolute Gasteiger partial charge is 0.226 e. The lowest BCUT2D eigenvalue weighted by molar-refractivity contribution is 0.696. The van der Waals surface area contributed by atoms with E-state index in [1.54, 1.807) is 0 Å². The van der Waals surface area contributed by atoms with Gasteiger partial charge in [0.1, 0.15) is 5.82 Å². The maximum absolute atomic E-state index is 4.67. The quantitative estimate of drug-likeness (QED) is 0.866. The molecule has 0 aliphatic carbocycles. The molecule has 4 nitrogen and oxygen atoms in total. The van der Waals surface area contributed by atoms with E-state index in [-0.39, 0.29) is 0 Å². The minimum atomic E-state index is 0.500. The SMILES string of the molecule is CC1CC(c2ccccc2)CN1c1ccnc(N(C)C)n1. The lowest BCUT2D eigenvalue weighted by Crippen LogP contribution is -2.28. The van der Waals surface area contributed by atoms with Crippen LogP contribution >= 0.6 is 0 Å². The van der Waals surface area contributed by atoms with Crippen molar-refractivity contribution in [3.63, 3.8) is 0 Å². The Labute approximate surface area is 126 Å². The van der Waals surface area contributed by atoms with Crippen molar-refractivity contribution in [1.82, 2.24) is 9.97 Å². The number of anilines is 2. The fourth-order valence-corrected chi connectivity index (χ4v) is 3.03. The fraction of sp³-hybridized carbons (Fsp3) is 0.412. The Bertz CT molecular complexity index is 597. The van der Waals surface area contributed by atoms with Crippen LogP contribution in [0.2, 0.25) is 0 Å². The van der Waals surface area contributed by atoms with Gasteiger partial charge in [-0.15, -0.1) is 0 Å². The van der Waals surface area contributed by atoms with Gasteiger partial charge in [-0.05, 0) is 25.0 Å². The molecule has 1 fully saturated rings. The van der Waals surface area contributed by atoms with Crippen molar-refractivity contribution in [2.45, 2.75) is 25.3 Å². The largest absolute Gasteiger partial charge is 0.353 e. The summed E-state index contributed by atoms with van der Waals surface area (Å²) in [6, 6.07) is 13.3. The number of hydrogen-bond donors (Lipinski definition) is 0. The molecule has 0 bridgehead atoms. The van der Waals surface area contributed by atoms with Gasteiger partial charge in [0.05, 0.1) is 0 Å². The highest BCUT2D eigenvalue weighted by Crippen LogP contribution is 2.34.